The highest BCUT2D eigenvalue weighted by atomic mass is 16.4. The van der Waals surface area contributed by atoms with Crippen LogP contribution < -0.4 is 5.73 Å². The van der Waals surface area contributed by atoms with Crippen molar-refractivity contribution in [2.75, 3.05) is 0 Å². The van der Waals surface area contributed by atoms with Crippen LogP contribution in [0.4, 0.5) is 0 Å². The van der Waals surface area contributed by atoms with Crippen LogP contribution >= 0.6 is 0 Å². The Hall–Kier alpha value is -2.81. The monoisotopic (exact) mass is 567 g/mol. The average Bonchev–Trinajstić information content (AvgIpc) is 2.89. The number of hydrogen-bond donors (Lipinski definition) is 6. The SMILES string of the molecule is CCCCCCCCC(CCCCCCCC)(CCCC(=O)O)C(=O)O.N[C@@H](Cc1ccc(O)c(O)c1)C(=O)O. The number of rotatable bonds is 22. The lowest BCUT2D eigenvalue weighted by Gasteiger charge is -2.30. The molecule has 7 N–H and O–H groups in total. The fourth-order valence-electron chi connectivity index (χ4n) is 4.80. The summed E-state index contributed by atoms with van der Waals surface area (Å²) in [5.74, 6) is -3.16. The molecule has 0 saturated heterocycles. The fourth-order valence-corrected chi connectivity index (χ4v) is 4.80. The van der Waals surface area contributed by atoms with Crippen LogP contribution in [-0.2, 0) is 20.8 Å². The number of phenols is 2. The summed E-state index contributed by atoms with van der Waals surface area (Å²) in [6.07, 6.45) is 16.3. The van der Waals surface area contributed by atoms with Gasteiger partial charge >= 0.3 is 17.9 Å². The molecule has 0 spiro atoms. The zero-order chi connectivity index (χ0) is 30.4. The molecule has 1 rings (SSSR count). The van der Waals surface area contributed by atoms with Gasteiger partial charge in [0.25, 0.3) is 0 Å². The van der Waals surface area contributed by atoms with E-state index in [1.54, 1.807) is 0 Å². The zero-order valence-corrected chi connectivity index (χ0v) is 24.6. The normalized spacial score (nSPS) is 11.9. The first-order chi connectivity index (χ1) is 19.0. The second kappa shape index (κ2) is 21.9. The van der Waals surface area contributed by atoms with E-state index in [-0.39, 0.29) is 24.3 Å². The molecule has 0 aliphatic rings. The van der Waals surface area contributed by atoms with Crippen LogP contribution in [0.5, 0.6) is 11.5 Å². The Morgan fingerprint density at radius 3 is 1.62 bits per heavy atom. The first-order valence-electron chi connectivity index (χ1n) is 14.9. The van der Waals surface area contributed by atoms with Gasteiger partial charge in [0.2, 0.25) is 0 Å². The summed E-state index contributed by atoms with van der Waals surface area (Å²) in [5, 5.41) is 45.5. The third-order valence-corrected chi connectivity index (χ3v) is 7.33. The molecule has 1 aromatic carbocycles. The maximum atomic E-state index is 12.1. The van der Waals surface area contributed by atoms with Gasteiger partial charge in [0.05, 0.1) is 5.41 Å². The van der Waals surface area contributed by atoms with Crippen molar-refractivity contribution in [3.8, 4) is 11.5 Å². The van der Waals surface area contributed by atoms with Gasteiger partial charge in [-0.3, -0.25) is 14.4 Å². The van der Waals surface area contributed by atoms with E-state index in [0.717, 1.165) is 25.7 Å². The van der Waals surface area contributed by atoms with Gasteiger partial charge in [-0.05, 0) is 49.8 Å². The van der Waals surface area contributed by atoms with Gasteiger partial charge in [0, 0.05) is 6.42 Å². The van der Waals surface area contributed by atoms with Crippen molar-refractivity contribution < 1.29 is 39.9 Å². The molecule has 0 aliphatic carbocycles. The second-order valence-electron chi connectivity index (χ2n) is 10.8. The number of phenolic OH excluding ortho intramolecular Hbond substituents is 2. The molecule has 0 aliphatic heterocycles. The molecule has 230 valence electrons. The van der Waals surface area contributed by atoms with Crippen molar-refractivity contribution >= 4 is 17.9 Å². The lowest BCUT2D eigenvalue weighted by Crippen LogP contribution is -2.32. The highest BCUT2D eigenvalue weighted by Crippen LogP contribution is 2.37. The third kappa shape index (κ3) is 17.0. The van der Waals surface area contributed by atoms with E-state index in [4.69, 9.17) is 26.2 Å². The largest absolute Gasteiger partial charge is 0.504 e. The standard InChI is InChI=1S/C22H42O4.C9H11NO4/c1-3-5-7-9-11-13-17-22(21(25)26,19-15-16-20(23)24)18-14-12-10-8-6-4-2;10-6(9(13)14)3-5-1-2-7(11)8(12)4-5/h3-19H2,1-2H3,(H,23,24)(H,25,26);1-2,4,6,11-12H,3,10H2,(H,13,14)/t;6-/m.0/s1. The molecular formula is C31H53NO8. The molecule has 0 radical (unpaired) electrons. The number of unbranched alkanes of at least 4 members (excludes halogenated alkanes) is 10. The molecule has 0 heterocycles. The van der Waals surface area contributed by atoms with Gasteiger partial charge < -0.3 is 31.3 Å². The van der Waals surface area contributed by atoms with Crippen molar-refractivity contribution in [1.29, 1.82) is 0 Å². The maximum Gasteiger partial charge on any atom is 0.320 e. The summed E-state index contributed by atoms with van der Waals surface area (Å²) in [7, 11) is 0. The lowest BCUT2D eigenvalue weighted by molar-refractivity contribution is -0.151. The number of aromatic hydroxyl groups is 2. The summed E-state index contributed by atoms with van der Waals surface area (Å²) in [6, 6.07) is 3.09. The average molecular weight is 568 g/mol. The Bertz CT molecular complexity index is 842. The molecule has 1 aromatic rings. The first-order valence-corrected chi connectivity index (χ1v) is 14.9. The predicted octanol–water partition coefficient (Wildman–Crippen LogP) is 6.87. The molecule has 9 nitrogen and oxygen atoms in total. The first kappa shape index (κ1) is 37.2. The molecular weight excluding hydrogens is 514 g/mol. The van der Waals surface area contributed by atoms with Gasteiger partial charge in [0.15, 0.2) is 11.5 Å². The number of hydrogen-bond acceptors (Lipinski definition) is 6. The van der Waals surface area contributed by atoms with Crippen LogP contribution in [0.25, 0.3) is 0 Å². The Morgan fingerprint density at radius 1 is 0.725 bits per heavy atom. The topological polar surface area (TPSA) is 178 Å². The minimum atomic E-state index is -1.10. The fraction of sp³-hybridized carbons (Fsp3) is 0.710. The van der Waals surface area contributed by atoms with Crippen molar-refractivity contribution in [3.05, 3.63) is 23.8 Å². The Balaban J connectivity index is 0.000000906. The van der Waals surface area contributed by atoms with E-state index in [0.29, 0.717) is 31.2 Å². The van der Waals surface area contributed by atoms with E-state index in [9.17, 15) is 19.5 Å². The summed E-state index contributed by atoms with van der Waals surface area (Å²) < 4.78 is 0. The van der Waals surface area contributed by atoms with Crippen LogP contribution in [0.3, 0.4) is 0 Å². The Labute approximate surface area is 239 Å². The van der Waals surface area contributed by atoms with Crippen molar-refractivity contribution in [2.24, 2.45) is 11.1 Å². The molecule has 0 amide bonds. The highest BCUT2D eigenvalue weighted by Gasteiger charge is 2.36. The molecule has 0 saturated carbocycles. The van der Waals surface area contributed by atoms with Crippen LogP contribution in [0, 0.1) is 5.41 Å². The number of benzene rings is 1. The number of carboxylic acids is 3. The minimum absolute atomic E-state index is 0.0715. The summed E-state index contributed by atoms with van der Waals surface area (Å²) in [5.41, 5.74) is 5.14. The van der Waals surface area contributed by atoms with E-state index >= 15 is 0 Å². The van der Waals surface area contributed by atoms with E-state index < -0.39 is 29.4 Å². The van der Waals surface area contributed by atoms with E-state index in [2.05, 4.69) is 13.8 Å². The van der Waals surface area contributed by atoms with Crippen molar-refractivity contribution in [3.63, 3.8) is 0 Å². The summed E-state index contributed by atoms with van der Waals surface area (Å²) in [4.78, 5) is 33.3. The van der Waals surface area contributed by atoms with Crippen molar-refractivity contribution in [1.82, 2.24) is 0 Å². The van der Waals surface area contributed by atoms with Gasteiger partial charge in [0.1, 0.15) is 6.04 Å². The minimum Gasteiger partial charge on any atom is -0.504 e. The molecule has 0 fully saturated rings. The maximum absolute atomic E-state index is 12.1. The molecule has 9 heteroatoms. The smallest absolute Gasteiger partial charge is 0.320 e. The zero-order valence-electron chi connectivity index (χ0n) is 24.6. The molecule has 0 unspecified atom stereocenters. The van der Waals surface area contributed by atoms with Gasteiger partial charge in [-0.2, -0.15) is 0 Å². The Kier molecular flexibility index (Phi) is 20.4. The number of carbonyl (C=O) groups is 3. The van der Waals surface area contributed by atoms with Gasteiger partial charge in [-0.1, -0.05) is 97.0 Å². The predicted molar refractivity (Wildman–Crippen MR) is 157 cm³/mol. The van der Waals surface area contributed by atoms with Crippen LogP contribution in [0.15, 0.2) is 18.2 Å². The molecule has 0 aromatic heterocycles. The lowest BCUT2D eigenvalue weighted by atomic mass is 9.74. The van der Waals surface area contributed by atoms with Crippen LogP contribution in [0.2, 0.25) is 0 Å². The summed E-state index contributed by atoms with van der Waals surface area (Å²) >= 11 is 0. The van der Waals surface area contributed by atoms with Gasteiger partial charge in [-0.15, -0.1) is 0 Å². The number of carboxylic acid groups (broad SMARTS) is 3. The summed E-state index contributed by atoms with van der Waals surface area (Å²) in [6.45, 7) is 4.39. The number of aliphatic carboxylic acids is 3. The Morgan fingerprint density at radius 2 is 1.20 bits per heavy atom. The third-order valence-electron chi connectivity index (χ3n) is 7.33. The van der Waals surface area contributed by atoms with Crippen LogP contribution in [0.1, 0.15) is 129 Å². The van der Waals surface area contributed by atoms with Crippen molar-refractivity contribution in [2.45, 2.75) is 135 Å². The van der Waals surface area contributed by atoms with Crippen LogP contribution in [-0.4, -0.2) is 49.5 Å². The molecule has 0 bridgehead atoms. The van der Waals surface area contributed by atoms with E-state index in [1.165, 1.54) is 69.6 Å². The van der Waals surface area contributed by atoms with E-state index in [1.807, 2.05) is 0 Å². The molecule has 40 heavy (non-hydrogen) atoms. The number of nitrogens with two attached hydrogens (primary N) is 1. The van der Waals surface area contributed by atoms with Gasteiger partial charge in [-0.25, -0.2) is 0 Å². The quantitative estimate of drug-likeness (QED) is 0.0644. The molecule has 1 atom stereocenters. The highest BCUT2D eigenvalue weighted by molar-refractivity contribution is 5.75. The second-order valence-corrected chi connectivity index (χ2v) is 10.8.